The van der Waals surface area contributed by atoms with Crippen LogP contribution in [0.25, 0.3) is 5.69 Å². The van der Waals surface area contributed by atoms with Gasteiger partial charge in [0.25, 0.3) is 5.91 Å². The van der Waals surface area contributed by atoms with Crippen LogP contribution in [0.4, 0.5) is 0 Å². The Morgan fingerprint density at radius 2 is 2.33 bits per heavy atom. The predicted molar refractivity (Wildman–Crippen MR) is 61.6 cm³/mol. The van der Waals surface area contributed by atoms with Crippen molar-refractivity contribution in [1.82, 2.24) is 25.5 Å². The van der Waals surface area contributed by atoms with E-state index >= 15 is 0 Å². The molecule has 1 amide bonds. The number of thiophene rings is 1. The number of aliphatic carboxylic acids is 1. The normalized spacial score (nSPS) is 12.1. The smallest absolute Gasteiger partial charge is 0.325 e. The van der Waals surface area contributed by atoms with E-state index in [9.17, 15) is 9.59 Å². The van der Waals surface area contributed by atoms with E-state index in [1.54, 1.807) is 11.4 Å². The summed E-state index contributed by atoms with van der Waals surface area (Å²) in [7, 11) is 0. The fourth-order valence-corrected chi connectivity index (χ4v) is 2.03. The first-order chi connectivity index (χ1) is 8.59. The van der Waals surface area contributed by atoms with Crippen molar-refractivity contribution in [3.63, 3.8) is 0 Å². The standard InChI is InChI=1S/C9H9N5O3S/c1-5(9(16)17)11-8(15)7-6(2-3-18-7)14-4-10-12-13-14/h2-5H,1H3,(H,11,15)(H,16,17)/t5-/m1/s1. The van der Waals surface area contributed by atoms with Crippen LogP contribution in [0.2, 0.25) is 0 Å². The van der Waals surface area contributed by atoms with Crippen molar-refractivity contribution in [1.29, 1.82) is 0 Å². The number of aromatic nitrogens is 4. The third kappa shape index (κ3) is 2.35. The van der Waals surface area contributed by atoms with Crippen LogP contribution in [0.5, 0.6) is 0 Å². The summed E-state index contributed by atoms with van der Waals surface area (Å²) in [6, 6.07) is 0.725. The summed E-state index contributed by atoms with van der Waals surface area (Å²) in [5, 5.41) is 23.5. The molecule has 2 rings (SSSR count). The first-order valence-corrected chi connectivity index (χ1v) is 5.82. The maximum atomic E-state index is 11.9. The van der Waals surface area contributed by atoms with Gasteiger partial charge >= 0.3 is 5.97 Å². The van der Waals surface area contributed by atoms with Gasteiger partial charge in [0.15, 0.2) is 0 Å². The zero-order valence-corrected chi connectivity index (χ0v) is 10.1. The molecule has 2 aromatic heterocycles. The highest BCUT2D eigenvalue weighted by Gasteiger charge is 2.20. The van der Waals surface area contributed by atoms with Crippen LogP contribution in [-0.4, -0.2) is 43.2 Å². The number of hydrogen-bond acceptors (Lipinski definition) is 6. The summed E-state index contributed by atoms with van der Waals surface area (Å²) in [5.74, 6) is -1.56. The van der Waals surface area contributed by atoms with E-state index in [1.165, 1.54) is 29.3 Å². The van der Waals surface area contributed by atoms with Gasteiger partial charge < -0.3 is 10.4 Å². The van der Waals surface area contributed by atoms with Gasteiger partial charge in [-0.05, 0) is 28.8 Å². The van der Waals surface area contributed by atoms with Crippen molar-refractivity contribution < 1.29 is 14.7 Å². The fourth-order valence-electron chi connectivity index (χ4n) is 1.25. The Bertz CT molecular complexity index is 565. The number of carbonyl (C=O) groups excluding carboxylic acids is 1. The molecule has 0 aromatic carbocycles. The lowest BCUT2D eigenvalue weighted by Crippen LogP contribution is -2.38. The third-order valence-electron chi connectivity index (χ3n) is 2.16. The predicted octanol–water partition coefficient (Wildman–Crippen LogP) is -0.0733. The number of amides is 1. The molecule has 2 aromatic rings. The minimum atomic E-state index is -1.09. The monoisotopic (exact) mass is 267 g/mol. The summed E-state index contributed by atoms with van der Waals surface area (Å²) >= 11 is 1.19. The molecule has 0 bridgehead atoms. The molecule has 0 spiro atoms. The van der Waals surface area contributed by atoms with Crippen molar-refractivity contribution in [2.45, 2.75) is 13.0 Å². The van der Waals surface area contributed by atoms with Gasteiger partial charge in [-0.25, -0.2) is 0 Å². The average molecular weight is 267 g/mol. The fraction of sp³-hybridized carbons (Fsp3) is 0.222. The molecule has 0 aliphatic rings. The maximum Gasteiger partial charge on any atom is 0.325 e. The van der Waals surface area contributed by atoms with E-state index in [2.05, 4.69) is 20.8 Å². The Balaban J connectivity index is 2.22. The van der Waals surface area contributed by atoms with Gasteiger partial charge in [0.05, 0.1) is 5.69 Å². The van der Waals surface area contributed by atoms with Crippen molar-refractivity contribution >= 4 is 23.2 Å². The number of carboxylic acids is 1. The Morgan fingerprint density at radius 1 is 1.56 bits per heavy atom. The number of hydrogen-bond donors (Lipinski definition) is 2. The topological polar surface area (TPSA) is 110 Å². The highest BCUT2D eigenvalue weighted by Crippen LogP contribution is 2.19. The van der Waals surface area contributed by atoms with Crippen molar-refractivity contribution in [3.8, 4) is 5.69 Å². The van der Waals surface area contributed by atoms with Gasteiger partial charge in [-0.15, -0.1) is 16.4 Å². The molecule has 0 unspecified atom stereocenters. The van der Waals surface area contributed by atoms with E-state index in [4.69, 9.17) is 5.11 Å². The number of nitrogens with one attached hydrogen (secondary N) is 1. The summed E-state index contributed by atoms with van der Waals surface area (Å²) in [5.41, 5.74) is 0.514. The van der Waals surface area contributed by atoms with Crippen molar-refractivity contribution in [3.05, 3.63) is 22.7 Å². The lowest BCUT2D eigenvalue weighted by Gasteiger charge is -2.08. The molecule has 0 radical (unpaired) electrons. The van der Waals surface area contributed by atoms with Crippen LogP contribution in [0.3, 0.4) is 0 Å². The van der Waals surface area contributed by atoms with E-state index in [-0.39, 0.29) is 0 Å². The second kappa shape index (κ2) is 4.92. The summed E-state index contributed by atoms with van der Waals surface area (Å²) in [6.07, 6.45) is 1.36. The number of tetrazole rings is 1. The van der Waals surface area contributed by atoms with Crippen LogP contribution >= 0.6 is 11.3 Å². The van der Waals surface area contributed by atoms with E-state index in [0.29, 0.717) is 10.6 Å². The van der Waals surface area contributed by atoms with E-state index in [0.717, 1.165) is 0 Å². The minimum absolute atomic E-state index is 0.357. The van der Waals surface area contributed by atoms with Crippen molar-refractivity contribution in [2.24, 2.45) is 0 Å². The first kappa shape index (κ1) is 12.2. The number of rotatable bonds is 4. The van der Waals surface area contributed by atoms with Crippen molar-refractivity contribution in [2.75, 3.05) is 0 Å². The lowest BCUT2D eigenvalue weighted by molar-refractivity contribution is -0.138. The van der Waals surface area contributed by atoms with Gasteiger partial charge in [0, 0.05) is 0 Å². The van der Waals surface area contributed by atoms with Gasteiger partial charge in [-0.2, -0.15) is 4.68 Å². The van der Waals surface area contributed by atoms with Crippen LogP contribution in [0.1, 0.15) is 16.6 Å². The van der Waals surface area contributed by atoms with E-state index in [1.807, 2.05) is 0 Å². The Labute approximate surface area is 105 Å². The summed E-state index contributed by atoms with van der Waals surface area (Å²) in [6.45, 7) is 1.39. The average Bonchev–Trinajstić information content (AvgIpc) is 2.99. The molecule has 94 valence electrons. The largest absolute Gasteiger partial charge is 0.480 e. The molecule has 0 aliphatic carbocycles. The zero-order chi connectivity index (χ0) is 13.1. The molecule has 9 heteroatoms. The van der Waals surface area contributed by atoms with Crippen LogP contribution in [0, 0.1) is 0 Å². The molecule has 18 heavy (non-hydrogen) atoms. The molecule has 0 saturated carbocycles. The molecule has 1 atom stereocenters. The van der Waals surface area contributed by atoms with Crippen LogP contribution < -0.4 is 5.32 Å². The molecule has 2 heterocycles. The molecular weight excluding hydrogens is 258 g/mol. The Morgan fingerprint density at radius 3 is 2.94 bits per heavy atom. The van der Waals surface area contributed by atoms with Gasteiger partial charge in [-0.3, -0.25) is 9.59 Å². The highest BCUT2D eigenvalue weighted by atomic mass is 32.1. The molecule has 0 fully saturated rings. The summed E-state index contributed by atoms with van der Waals surface area (Å²) < 4.78 is 1.34. The summed E-state index contributed by atoms with van der Waals surface area (Å²) in [4.78, 5) is 22.9. The molecule has 2 N–H and O–H groups in total. The minimum Gasteiger partial charge on any atom is -0.480 e. The molecule has 8 nitrogen and oxygen atoms in total. The number of carboxylic acid groups (broad SMARTS) is 1. The maximum absolute atomic E-state index is 11.9. The third-order valence-corrected chi connectivity index (χ3v) is 3.07. The highest BCUT2D eigenvalue weighted by molar-refractivity contribution is 7.12. The molecular formula is C9H9N5O3S. The number of carbonyl (C=O) groups is 2. The quantitative estimate of drug-likeness (QED) is 0.802. The van der Waals surface area contributed by atoms with E-state index < -0.39 is 17.9 Å². The lowest BCUT2D eigenvalue weighted by atomic mass is 10.3. The van der Waals surface area contributed by atoms with Crippen LogP contribution in [-0.2, 0) is 4.79 Å². The molecule has 0 saturated heterocycles. The van der Waals surface area contributed by atoms with Gasteiger partial charge in [0.2, 0.25) is 0 Å². The van der Waals surface area contributed by atoms with Crippen LogP contribution in [0.15, 0.2) is 17.8 Å². The zero-order valence-electron chi connectivity index (χ0n) is 9.27. The first-order valence-electron chi connectivity index (χ1n) is 4.94. The molecule has 0 aliphatic heterocycles. The van der Waals surface area contributed by atoms with Gasteiger partial charge in [0.1, 0.15) is 17.2 Å². The van der Waals surface area contributed by atoms with Gasteiger partial charge in [-0.1, -0.05) is 0 Å². The Kier molecular flexibility index (Phi) is 3.33. The second-order valence-corrected chi connectivity index (χ2v) is 4.34. The second-order valence-electron chi connectivity index (χ2n) is 3.42. The SMILES string of the molecule is C[C@@H](NC(=O)c1sccc1-n1cnnn1)C(=O)O. The Hall–Kier alpha value is -2.29. The number of nitrogens with zero attached hydrogens (tertiary/aromatic N) is 4.